The molecule has 0 spiro atoms. The Kier molecular flexibility index (Phi) is 10.8. The van der Waals surface area contributed by atoms with Crippen LogP contribution in [0.5, 0.6) is 69.0 Å². The number of rotatable bonds is 9. The summed E-state index contributed by atoms with van der Waals surface area (Å²) >= 11 is 0. The molecule has 13 N–H and O–H groups in total. The van der Waals surface area contributed by atoms with Gasteiger partial charge in [0.2, 0.25) is 6.29 Å². The summed E-state index contributed by atoms with van der Waals surface area (Å²) < 4.78 is 26.7. The van der Waals surface area contributed by atoms with Crippen molar-refractivity contribution >= 4 is 23.9 Å². The van der Waals surface area contributed by atoms with Gasteiger partial charge >= 0.3 is 23.9 Å². The van der Waals surface area contributed by atoms with E-state index in [0.717, 1.165) is 0 Å². The summed E-state index contributed by atoms with van der Waals surface area (Å²) in [5.74, 6) is -18.0. The average Bonchev–Trinajstić information content (AvgIpc) is 3.14. The zero-order chi connectivity index (χ0) is 41.3. The first-order chi connectivity index (χ1) is 26.3. The van der Waals surface area contributed by atoms with Crippen molar-refractivity contribution in [3.8, 4) is 69.0 Å². The van der Waals surface area contributed by atoms with E-state index >= 15 is 0 Å². The number of benzene rings is 4. The molecule has 0 saturated carbocycles. The zero-order valence-corrected chi connectivity index (χ0v) is 27.7. The van der Waals surface area contributed by atoms with Crippen LogP contribution in [-0.4, -0.2) is 128 Å². The maximum Gasteiger partial charge on any atom is 0.340 e. The summed E-state index contributed by atoms with van der Waals surface area (Å²) in [5.41, 5.74) is -2.62. The van der Waals surface area contributed by atoms with E-state index in [1.165, 1.54) is 0 Å². The standard InChI is InChI=1S/C34H28O22/c35-14-1-10(2-15(36)23(14)43)30(48)52-9-22-28(54-31(49)11-3-16(37)24(44)17(38)4-11)29(55-32(50)12-5-18(39)25(45)19(40)6-12)27(47)34(53-22)56-33(51)13-7-20(41)26(46)21(42)8-13/h1-8,22,27-29,34-47H,9H2/t22-,27+,28+,29+,34-/m0/s1. The summed E-state index contributed by atoms with van der Waals surface area (Å²) in [6.45, 7) is -1.11. The Labute approximate surface area is 310 Å². The maximum atomic E-state index is 13.4. The second-order valence-electron chi connectivity index (χ2n) is 11.7. The van der Waals surface area contributed by atoms with Gasteiger partial charge in [-0.1, -0.05) is 0 Å². The van der Waals surface area contributed by atoms with Crippen molar-refractivity contribution in [1.29, 1.82) is 0 Å². The molecule has 5 atom stereocenters. The van der Waals surface area contributed by atoms with Crippen LogP contribution in [0, 0.1) is 0 Å². The highest BCUT2D eigenvalue weighted by Crippen LogP contribution is 2.40. The number of phenolic OH excluding ortho intramolecular Hbond substituents is 12. The van der Waals surface area contributed by atoms with Crippen LogP contribution in [0.3, 0.4) is 0 Å². The number of carbonyl (C=O) groups excluding carboxylic acids is 4. The van der Waals surface area contributed by atoms with Crippen molar-refractivity contribution in [2.45, 2.75) is 30.7 Å². The van der Waals surface area contributed by atoms with Crippen LogP contribution >= 0.6 is 0 Å². The predicted molar refractivity (Wildman–Crippen MR) is 175 cm³/mol. The molecule has 1 aliphatic rings. The summed E-state index contributed by atoms with van der Waals surface area (Å²) in [6.07, 6.45) is -11.2. The molecular formula is C34H28O22. The fraction of sp³-hybridized carbons (Fsp3) is 0.176. The van der Waals surface area contributed by atoms with Crippen LogP contribution in [0.2, 0.25) is 0 Å². The minimum absolute atomic E-state index is 0.581. The van der Waals surface area contributed by atoms with E-state index in [4.69, 9.17) is 23.7 Å². The van der Waals surface area contributed by atoms with Crippen molar-refractivity contribution < 1.29 is 109 Å². The van der Waals surface area contributed by atoms with Crippen molar-refractivity contribution in [2.24, 2.45) is 0 Å². The van der Waals surface area contributed by atoms with E-state index in [0.29, 0.717) is 48.5 Å². The van der Waals surface area contributed by atoms with Gasteiger partial charge in [0.05, 0.1) is 22.3 Å². The van der Waals surface area contributed by atoms with Crippen LogP contribution in [-0.2, 0) is 23.7 Å². The minimum atomic E-state index is -2.42. The molecule has 4 aromatic carbocycles. The SMILES string of the molecule is O=C(OC[C@@H]1O[C@@H](OC(=O)c2cc(O)c(O)c(O)c2)[C@H](O)[C@@H](OC(=O)c2cc(O)c(O)c(O)c2)[C@@H]1OC(=O)c1cc(O)c(O)c(O)c1)c1cc(O)c(O)c(O)c1. The van der Waals surface area contributed by atoms with Crippen LogP contribution in [0.4, 0.5) is 0 Å². The minimum Gasteiger partial charge on any atom is -0.504 e. The molecule has 0 amide bonds. The van der Waals surface area contributed by atoms with E-state index < -0.39 is 152 Å². The Balaban J connectivity index is 1.56. The van der Waals surface area contributed by atoms with E-state index in [-0.39, 0.29) is 0 Å². The number of aromatic hydroxyl groups is 12. The average molecular weight is 789 g/mol. The second-order valence-corrected chi connectivity index (χ2v) is 11.7. The molecule has 0 bridgehead atoms. The number of phenols is 12. The van der Waals surface area contributed by atoms with Gasteiger partial charge in [0.1, 0.15) is 12.7 Å². The highest BCUT2D eigenvalue weighted by molar-refractivity contribution is 5.93. The molecule has 22 heteroatoms. The van der Waals surface area contributed by atoms with Gasteiger partial charge in [-0.15, -0.1) is 0 Å². The smallest absolute Gasteiger partial charge is 0.340 e. The molecule has 4 aromatic rings. The van der Waals surface area contributed by atoms with Crippen molar-refractivity contribution in [1.82, 2.24) is 0 Å². The molecule has 0 aromatic heterocycles. The lowest BCUT2D eigenvalue weighted by molar-refractivity contribution is -0.283. The van der Waals surface area contributed by atoms with Crippen molar-refractivity contribution in [2.75, 3.05) is 6.61 Å². The van der Waals surface area contributed by atoms with Crippen molar-refractivity contribution in [3.05, 3.63) is 70.8 Å². The van der Waals surface area contributed by atoms with Crippen LogP contribution in [0.25, 0.3) is 0 Å². The third kappa shape index (κ3) is 7.95. The lowest BCUT2D eigenvalue weighted by Crippen LogP contribution is -2.62. The number of carbonyl (C=O) groups is 4. The Hall–Kier alpha value is -7.72. The monoisotopic (exact) mass is 788 g/mol. The first-order valence-corrected chi connectivity index (χ1v) is 15.4. The van der Waals surface area contributed by atoms with E-state index in [1.54, 1.807) is 0 Å². The number of hydrogen-bond acceptors (Lipinski definition) is 22. The molecule has 5 rings (SSSR count). The van der Waals surface area contributed by atoms with Gasteiger partial charge in [-0.25, -0.2) is 19.2 Å². The van der Waals surface area contributed by atoms with Crippen LogP contribution < -0.4 is 0 Å². The molecule has 1 heterocycles. The summed E-state index contributed by atoms with van der Waals surface area (Å²) in [4.78, 5) is 52.8. The first-order valence-electron chi connectivity index (χ1n) is 15.4. The Morgan fingerprint density at radius 3 is 1.07 bits per heavy atom. The Bertz CT molecular complexity index is 2070. The summed E-state index contributed by atoms with van der Waals surface area (Å²) in [7, 11) is 0. The van der Waals surface area contributed by atoms with Gasteiger partial charge in [0, 0.05) is 0 Å². The molecule has 296 valence electrons. The zero-order valence-electron chi connectivity index (χ0n) is 27.7. The predicted octanol–water partition coefficient (Wildman–Crippen LogP) is 0.705. The van der Waals surface area contributed by atoms with E-state index in [1.807, 2.05) is 0 Å². The third-order valence-electron chi connectivity index (χ3n) is 7.92. The number of hydrogen-bond donors (Lipinski definition) is 13. The largest absolute Gasteiger partial charge is 0.504 e. The highest BCUT2D eigenvalue weighted by atomic mass is 16.7. The number of aliphatic hydroxyl groups is 1. The molecule has 0 unspecified atom stereocenters. The Morgan fingerprint density at radius 2 is 0.732 bits per heavy atom. The maximum absolute atomic E-state index is 13.4. The number of aliphatic hydroxyl groups excluding tert-OH is 1. The lowest BCUT2D eigenvalue weighted by Gasteiger charge is -2.42. The van der Waals surface area contributed by atoms with Gasteiger partial charge in [0.25, 0.3) is 0 Å². The number of ether oxygens (including phenoxy) is 5. The van der Waals surface area contributed by atoms with Crippen LogP contribution in [0.15, 0.2) is 48.5 Å². The third-order valence-corrected chi connectivity index (χ3v) is 7.92. The number of esters is 4. The van der Waals surface area contributed by atoms with Crippen LogP contribution in [0.1, 0.15) is 41.4 Å². The van der Waals surface area contributed by atoms with Gasteiger partial charge in [0.15, 0.2) is 87.3 Å². The molecule has 1 aliphatic heterocycles. The fourth-order valence-electron chi connectivity index (χ4n) is 5.09. The van der Waals surface area contributed by atoms with Gasteiger partial charge in [-0.2, -0.15) is 0 Å². The first kappa shape index (κ1) is 39.5. The molecular weight excluding hydrogens is 760 g/mol. The van der Waals surface area contributed by atoms with E-state index in [9.17, 15) is 85.6 Å². The molecule has 0 aliphatic carbocycles. The molecule has 22 nitrogen and oxygen atoms in total. The highest BCUT2D eigenvalue weighted by Gasteiger charge is 2.52. The summed E-state index contributed by atoms with van der Waals surface area (Å²) in [5, 5.41) is 129. The topological polar surface area (TPSA) is 377 Å². The van der Waals surface area contributed by atoms with Crippen molar-refractivity contribution in [3.63, 3.8) is 0 Å². The van der Waals surface area contributed by atoms with E-state index in [2.05, 4.69) is 0 Å². The normalized spacial score (nSPS) is 19.1. The lowest BCUT2D eigenvalue weighted by atomic mass is 9.98. The molecule has 1 fully saturated rings. The fourth-order valence-corrected chi connectivity index (χ4v) is 5.09. The Morgan fingerprint density at radius 1 is 0.446 bits per heavy atom. The van der Waals surface area contributed by atoms with Gasteiger partial charge < -0.3 is 90.1 Å². The molecule has 0 radical (unpaired) electrons. The van der Waals surface area contributed by atoms with Gasteiger partial charge in [-0.05, 0) is 48.5 Å². The second kappa shape index (κ2) is 15.3. The molecule has 1 saturated heterocycles. The van der Waals surface area contributed by atoms with Gasteiger partial charge in [-0.3, -0.25) is 0 Å². The quantitative estimate of drug-likeness (QED) is 0.0630. The molecule has 56 heavy (non-hydrogen) atoms. The summed E-state index contributed by atoms with van der Waals surface area (Å²) in [6, 6.07) is 5.04.